The molecule has 0 saturated heterocycles. The van der Waals surface area contributed by atoms with E-state index < -0.39 is 0 Å². The Balaban J connectivity index is 0.941. The summed E-state index contributed by atoms with van der Waals surface area (Å²) in [5, 5.41) is 0. The molecule has 12 rings (SSSR count). The van der Waals surface area contributed by atoms with Crippen molar-refractivity contribution in [1.82, 2.24) is 0 Å². The van der Waals surface area contributed by atoms with Gasteiger partial charge in [0.2, 0.25) is 0 Å². The summed E-state index contributed by atoms with van der Waals surface area (Å²) in [5.74, 6) is 0. The van der Waals surface area contributed by atoms with Gasteiger partial charge in [0.25, 0.3) is 0 Å². The summed E-state index contributed by atoms with van der Waals surface area (Å²) >= 11 is 0. The van der Waals surface area contributed by atoms with Gasteiger partial charge in [0.1, 0.15) is 0 Å². The molecule has 0 fully saturated rings. The maximum atomic E-state index is 2.54. The molecule has 0 aliphatic carbocycles. The second-order valence-corrected chi connectivity index (χ2v) is 17.0. The summed E-state index contributed by atoms with van der Waals surface area (Å²) in [7, 11) is 0. The third-order valence-corrected chi connectivity index (χ3v) is 13.0. The summed E-state index contributed by atoms with van der Waals surface area (Å²) < 4.78 is 0. The van der Waals surface area contributed by atoms with Crippen molar-refractivity contribution in [2.24, 2.45) is 0 Å². The fourth-order valence-electron chi connectivity index (χ4n) is 9.89. The fourth-order valence-corrected chi connectivity index (χ4v) is 9.89. The van der Waals surface area contributed by atoms with Crippen LogP contribution < -0.4 is 9.80 Å². The predicted octanol–water partition coefficient (Wildman–Crippen LogP) is 16.8. The average molecular weight is 817 g/mol. The van der Waals surface area contributed by atoms with Crippen LogP contribution in [0.3, 0.4) is 0 Å². The third kappa shape index (κ3) is 6.87. The number of nitrogens with zero attached hydrogens (tertiary/aromatic N) is 2. The van der Waals surface area contributed by atoms with E-state index in [2.05, 4.69) is 252 Å². The highest BCUT2D eigenvalue weighted by atomic mass is 15.2. The van der Waals surface area contributed by atoms with Gasteiger partial charge in [-0.25, -0.2) is 0 Å². The topological polar surface area (TPSA) is 6.48 Å². The van der Waals surface area contributed by atoms with Crippen LogP contribution in [0.5, 0.6) is 0 Å². The Bertz CT molecular complexity index is 3070. The van der Waals surface area contributed by atoms with Crippen LogP contribution >= 0.6 is 0 Å². The summed E-state index contributed by atoms with van der Waals surface area (Å²) in [6, 6.07) is 88.8. The van der Waals surface area contributed by atoms with Gasteiger partial charge in [0.05, 0.1) is 5.69 Å². The first-order valence-corrected chi connectivity index (χ1v) is 22.2. The standard InChI is InChI=1S/C62H44N2/c1-5-13-43(14-6-1)47-21-29-57(30-22-47)63(58-31-23-48(24-32-58)44-15-7-2-8-16-44)59-33-25-49(26-34-59)52-39-55-41-53-37-50(45-17-9-3-10-18-45)27-35-60(53)64-61-36-28-51(46-19-11-4-12-20-46)38-54(61)42-56(40-52)62(55)64/h1-40H,41-42H2. The maximum Gasteiger partial charge on any atom is 0.0533 e. The van der Waals surface area contributed by atoms with Crippen molar-refractivity contribution in [3.63, 3.8) is 0 Å². The van der Waals surface area contributed by atoms with Crippen molar-refractivity contribution in [3.8, 4) is 55.6 Å². The van der Waals surface area contributed by atoms with Crippen LogP contribution in [0.25, 0.3) is 55.6 Å². The highest BCUT2D eigenvalue weighted by Crippen LogP contribution is 2.52. The molecule has 64 heavy (non-hydrogen) atoms. The second kappa shape index (κ2) is 15.9. The molecule has 0 bridgehead atoms. The molecule has 0 amide bonds. The number of hydrogen-bond donors (Lipinski definition) is 0. The monoisotopic (exact) mass is 816 g/mol. The molecule has 0 spiro atoms. The van der Waals surface area contributed by atoms with Gasteiger partial charge in [-0.15, -0.1) is 0 Å². The zero-order valence-electron chi connectivity index (χ0n) is 35.4. The van der Waals surface area contributed by atoms with Crippen molar-refractivity contribution >= 4 is 34.1 Å². The molecule has 302 valence electrons. The second-order valence-electron chi connectivity index (χ2n) is 17.0. The Morgan fingerprint density at radius 3 is 0.891 bits per heavy atom. The summed E-state index contributed by atoms with van der Waals surface area (Å²) in [6.07, 6.45) is 1.76. The molecule has 2 heterocycles. The summed E-state index contributed by atoms with van der Waals surface area (Å²) in [4.78, 5) is 4.91. The molecule has 10 aromatic carbocycles. The normalized spacial score (nSPS) is 12.2. The lowest BCUT2D eigenvalue weighted by Crippen LogP contribution is -2.25. The minimum absolute atomic E-state index is 0.879. The Morgan fingerprint density at radius 2 is 0.531 bits per heavy atom. The van der Waals surface area contributed by atoms with Crippen molar-refractivity contribution in [2.75, 3.05) is 9.80 Å². The minimum atomic E-state index is 0.879. The molecular formula is C62H44N2. The first-order chi connectivity index (χ1) is 31.7. The van der Waals surface area contributed by atoms with E-state index in [-0.39, 0.29) is 0 Å². The Morgan fingerprint density at radius 1 is 0.250 bits per heavy atom. The lowest BCUT2D eigenvalue weighted by Gasteiger charge is -2.40. The smallest absolute Gasteiger partial charge is 0.0533 e. The van der Waals surface area contributed by atoms with Crippen LogP contribution in [0.15, 0.2) is 243 Å². The van der Waals surface area contributed by atoms with E-state index in [1.807, 2.05) is 0 Å². The maximum absolute atomic E-state index is 2.54. The van der Waals surface area contributed by atoms with Crippen molar-refractivity contribution < 1.29 is 0 Å². The van der Waals surface area contributed by atoms with Crippen molar-refractivity contribution in [3.05, 3.63) is 265 Å². The first kappa shape index (κ1) is 37.6. The van der Waals surface area contributed by atoms with Crippen LogP contribution in [0.2, 0.25) is 0 Å². The van der Waals surface area contributed by atoms with Gasteiger partial charge in [-0.1, -0.05) is 170 Å². The van der Waals surface area contributed by atoms with Gasteiger partial charge < -0.3 is 9.80 Å². The lowest BCUT2D eigenvalue weighted by molar-refractivity contribution is 1.01. The SMILES string of the molecule is c1ccc(-c2ccc(N(c3ccc(-c4ccccc4)cc3)c3ccc(-c4cc5c6c(c4)Cc4cc(-c7ccccc7)ccc4N6c4ccc(-c6ccccc6)cc4C5)cc3)cc2)cc1. The molecule has 0 atom stereocenters. The quantitative estimate of drug-likeness (QED) is 0.151. The Labute approximate surface area is 375 Å². The van der Waals surface area contributed by atoms with Crippen LogP contribution in [-0.4, -0.2) is 0 Å². The van der Waals surface area contributed by atoms with Gasteiger partial charge in [-0.3, -0.25) is 0 Å². The van der Waals surface area contributed by atoms with E-state index in [0.717, 1.165) is 29.9 Å². The predicted molar refractivity (Wildman–Crippen MR) is 269 cm³/mol. The number of benzene rings is 10. The van der Waals surface area contributed by atoms with Crippen LogP contribution in [0, 0.1) is 0 Å². The van der Waals surface area contributed by atoms with E-state index >= 15 is 0 Å². The molecule has 0 unspecified atom stereocenters. The zero-order valence-corrected chi connectivity index (χ0v) is 35.4. The lowest BCUT2D eigenvalue weighted by atomic mass is 9.83. The largest absolute Gasteiger partial charge is 0.311 e. The molecule has 2 aliphatic rings. The Hall–Kier alpha value is -8.20. The van der Waals surface area contributed by atoms with E-state index in [1.54, 1.807) is 0 Å². The highest BCUT2D eigenvalue weighted by molar-refractivity contribution is 5.93. The van der Waals surface area contributed by atoms with E-state index in [1.165, 1.54) is 95.0 Å². The molecule has 0 saturated carbocycles. The van der Waals surface area contributed by atoms with Gasteiger partial charge in [0, 0.05) is 41.3 Å². The van der Waals surface area contributed by atoms with Crippen molar-refractivity contribution in [1.29, 1.82) is 0 Å². The minimum Gasteiger partial charge on any atom is -0.311 e. The highest BCUT2D eigenvalue weighted by Gasteiger charge is 2.32. The number of rotatable bonds is 8. The molecule has 2 aliphatic heterocycles. The average Bonchev–Trinajstić information content (AvgIpc) is 3.37. The molecule has 10 aromatic rings. The molecule has 0 N–H and O–H groups in total. The van der Waals surface area contributed by atoms with Crippen molar-refractivity contribution in [2.45, 2.75) is 12.8 Å². The summed E-state index contributed by atoms with van der Waals surface area (Å²) in [5.41, 5.74) is 24.9. The third-order valence-electron chi connectivity index (χ3n) is 13.0. The molecule has 0 aromatic heterocycles. The molecule has 0 radical (unpaired) electrons. The van der Waals surface area contributed by atoms with Crippen LogP contribution in [0.1, 0.15) is 22.3 Å². The zero-order chi connectivity index (χ0) is 42.4. The van der Waals surface area contributed by atoms with E-state index in [9.17, 15) is 0 Å². The number of hydrogen-bond acceptors (Lipinski definition) is 2. The number of fused-ring (bicyclic) bond motifs is 4. The van der Waals surface area contributed by atoms with Gasteiger partial charge in [-0.05, 0) is 151 Å². The van der Waals surface area contributed by atoms with Gasteiger partial charge >= 0.3 is 0 Å². The molecular weight excluding hydrogens is 773 g/mol. The van der Waals surface area contributed by atoms with Gasteiger partial charge in [-0.2, -0.15) is 0 Å². The van der Waals surface area contributed by atoms with E-state index in [0.29, 0.717) is 0 Å². The molecule has 2 heteroatoms. The van der Waals surface area contributed by atoms with Crippen LogP contribution in [-0.2, 0) is 12.8 Å². The Kier molecular flexibility index (Phi) is 9.34. The van der Waals surface area contributed by atoms with Crippen LogP contribution in [0.4, 0.5) is 34.1 Å². The summed E-state index contributed by atoms with van der Waals surface area (Å²) in [6.45, 7) is 0. The van der Waals surface area contributed by atoms with E-state index in [4.69, 9.17) is 0 Å². The molecule has 2 nitrogen and oxygen atoms in total. The fraction of sp³-hybridized carbons (Fsp3) is 0.0323. The first-order valence-electron chi connectivity index (χ1n) is 22.2. The van der Waals surface area contributed by atoms with Gasteiger partial charge in [0.15, 0.2) is 0 Å². The number of anilines is 6.